The fourth-order valence-electron chi connectivity index (χ4n) is 13.0. The first-order valence-corrected chi connectivity index (χ1v) is 27.0. The van der Waals surface area contributed by atoms with Crippen molar-refractivity contribution in [3.63, 3.8) is 0 Å². The number of aryl methyl sites for hydroxylation is 8. The summed E-state index contributed by atoms with van der Waals surface area (Å²) in [5.74, 6) is 3.65. The van der Waals surface area contributed by atoms with Crippen molar-refractivity contribution >= 4 is 0 Å². The topological polar surface area (TPSA) is 11.6 Å². The van der Waals surface area contributed by atoms with Gasteiger partial charge in [-0.15, -0.1) is 0 Å². The summed E-state index contributed by atoms with van der Waals surface area (Å²) in [5, 5.41) is 0. The minimum absolute atomic E-state index is 0.308. The molecule has 6 aliphatic carbocycles. The minimum Gasteiger partial charge on any atom is -0.200 e. The molecule has 4 unspecified atom stereocenters. The summed E-state index contributed by atoms with van der Waals surface area (Å²) in [6.45, 7) is 6.23. The van der Waals surface area contributed by atoms with E-state index in [0.717, 1.165) is 40.1 Å². The van der Waals surface area contributed by atoms with Gasteiger partial charge in [0.2, 0.25) is 17.1 Å². The molecule has 3 heterocycles. The van der Waals surface area contributed by atoms with Crippen LogP contribution in [-0.4, -0.2) is 0 Å². The Bertz CT molecular complexity index is 3620. The maximum absolute atomic E-state index is 8.93. The Hall–Kier alpha value is -7.23. The monoisotopic (exact) mass is 973 g/mol. The zero-order valence-electron chi connectivity index (χ0n) is 48.4. The summed E-state index contributed by atoms with van der Waals surface area (Å²) in [6.07, 6.45) is 14.7. The molecule has 0 saturated heterocycles. The van der Waals surface area contributed by atoms with Gasteiger partial charge in [-0.2, -0.15) is 0 Å². The highest BCUT2D eigenvalue weighted by Crippen LogP contribution is 2.59. The highest BCUT2D eigenvalue weighted by atomic mass is 14.9. The predicted molar refractivity (Wildman–Crippen MR) is 306 cm³/mol. The number of aromatic nitrogens is 3. The van der Waals surface area contributed by atoms with Gasteiger partial charge in [-0.1, -0.05) is 121 Å². The average molecular weight is 973 g/mol. The van der Waals surface area contributed by atoms with Gasteiger partial charge in [-0.25, -0.2) is 13.7 Å². The van der Waals surface area contributed by atoms with Gasteiger partial charge in [0.05, 0.1) is 0 Å². The number of rotatable bonds is 8. The summed E-state index contributed by atoms with van der Waals surface area (Å²) in [4.78, 5) is 0. The lowest BCUT2D eigenvalue weighted by atomic mass is 9.68. The third kappa shape index (κ3) is 9.82. The maximum Gasteiger partial charge on any atom is 0.212 e. The van der Waals surface area contributed by atoms with E-state index in [-0.39, 0.29) is 5.89 Å². The molecule has 6 saturated carbocycles. The highest BCUT2D eigenvalue weighted by molar-refractivity contribution is 5.69. The summed E-state index contributed by atoms with van der Waals surface area (Å²) in [6, 6.07) is 62.3. The van der Waals surface area contributed by atoms with Crippen LogP contribution in [0.25, 0.3) is 67.2 Å². The second-order valence-electron chi connectivity index (χ2n) is 21.9. The molecule has 3 aromatic heterocycles. The molecular formula is C71H74N3+3. The third-order valence-electron chi connectivity index (χ3n) is 17.2. The largest absolute Gasteiger partial charge is 0.212 e. The second kappa shape index (κ2) is 20.9. The van der Waals surface area contributed by atoms with E-state index < -0.39 is 6.85 Å². The van der Waals surface area contributed by atoms with Gasteiger partial charge in [-0.05, 0) is 201 Å². The molecule has 0 aliphatic heterocycles. The van der Waals surface area contributed by atoms with Gasteiger partial charge in [0, 0.05) is 57.1 Å². The molecule has 3 nitrogen and oxygen atoms in total. The molecule has 15 rings (SSSR count). The normalized spacial score (nSPS) is 21.8. The molecule has 4 atom stereocenters. The molecule has 0 amide bonds. The number of hydrogen-bond acceptors (Lipinski definition) is 0. The first-order valence-electron chi connectivity index (χ1n) is 29.0. The first kappa shape index (κ1) is 44.3. The molecule has 6 aromatic carbocycles. The lowest BCUT2D eigenvalue weighted by Gasteiger charge is -2.36. The van der Waals surface area contributed by atoms with E-state index in [1.165, 1.54) is 111 Å². The van der Waals surface area contributed by atoms with E-state index in [2.05, 4.69) is 213 Å². The van der Waals surface area contributed by atoms with Crippen LogP contribution in [0.4, 0.5) is 0 Å². The highest BCUT2D eigenvalue weighted by Gasteiger charge is 2.48. The number of fused-ring (bicyclic) bond motifs is 2. The van der Waals surface area contributed by atoms with Crippen LogP contribution in [0.3, 0.4) is 0 Å². The Labute approximate surface area is 447 Å². The predicted octanol–water partition coefficient (Wildman–Crippen LogP) is 16.1. The van der Waals surface area contributed by atoms with E-state index in [1.807, 2.05) is 38.2 Å². The fourth-order valence-corrected chi connectivity index (χ4v) is 13.0. The Morgan fingerprint density at radius 3 is 1.11 bits per heavy atom. The Balaban J connectivity index is 0.000000124. The molecule has 6 fully saturated rings. The molecule has 0 radical (unpaired) electrons. The lowest BCUT2D eigenvalue weighted by Crippen LogP contribution is -2.30. The van der Waals surface area contributed by atoms with Crippen LogP contribution in [0.5, 0.6) is 0 Å². The summed E-state index contributed by atoms with van der Waals surface area (Å²) >= 11 is 0. The summed E-state index contributed by atoms with van der Waals surface area (Å²) in [7, 11) is 6.30. The van der Waals surface area contributed by atoms with Crippen molar-refractivity contribution in [1.29, 1.82) is 0 Å². The maximum atomic E-state index is 8.93. The van der Waals surface area contributed by atoms with E-state index in [1.54, 1.807) is 11.6 Å². The lowest BCUT2D eigenvalue weighted by molar-refractivity contribution is -0.660. The SMILES string of the molecule is Cc1ccccc1-c1ccc(-c2ccc(C3C4CCC3C4)cc2)c[n+]1C.[2H]C([2H])([2H])c1ccc(-c2ccc(-c3ccccc3C)[n+](C)c2)cc1C.[2H]C1(c2ccc(-c3ccc(-c4ccccc4C)[n+](C)c3)cc2)C2CCC1C2. The molecule has 4 bridgehead atoms. The van der Waals surface area contributed by atoms with Crippen molar-refractivity contribution in [2.24, 2.45) is 44.8 Å². The van der Waals surface area contributed by atoms with Gasteiger partial charge < -0.3 is 0 Å². The van der Waals surface area contributed by atoms with Crippen molar-refractivity contribution in [1.82, 2.24) is 0 Å². The Morgan fingerprint density at radius 1 is 0.365 bits per heavy atom. The van der Waals surface area contributed by atoms with Gasteiger partial charge >= 0.3 is 0 Å². The molecule has 6 aliphatic rings. The van der Waals surface area contributed by atoms with Crippen LogP contribution in [0.1, 0.15) is 94.8 Å². The van der Waals surface area contributed by atoms with Crippen LogP contribution in [-0.2, 0) is 21.1 Å². The number of pyridine rings is 3. The van der Waals surface area contributed by atoms with Crippen molar-refractivity contribution in [2.45, 2.75) is 84.9 Å². The van der Waals surface area contributed by atoms with E-state index in [9.17, 15) is 0 Å². The minimum atomic E-state index is -2.07. The van der Waals surface area contributed by atoms with Gasteiger partial charge in [0.25, 0.3) is 0 Å². The first-order chi connectivity index (χ1) is 37.5. The van der Waals surface area contributed by atoms with Crippen LogP contribution in [0, 0.1) is 58.2 Å². The smallest absolute Gasteiger partial charge is 0.200 e. The molecule has 0 spiro atoms. The van der Waals surface area contributed by atoms with Gasteiger partial charge in [-0.3, -0.25) is 0 Å². The third-order valence-corrected chi connectivity index (χ3v) is 17.2. The fraction of sp³-hybridized carbons (Fsp3) is 0.282. The van der Waals surface area contributed by atoms with Gasteiger partial charge in [0.15, 0.2) is 18.6 Å². The number of benzene rings is 6. The van der Waals surface area contributed by atoms with Crippen LogP contribution in [0.2, 0.25) is 0 Å². The quantitative estimate of drug-likeness (QED) is 0.135. The van der Waals surface area contributed by atoms with Crippen LogP contribution in [0.15, 0.2) is 195 Å². The van der Waals surface area contributed by atoms with E-state index >= 15 is 0 Å². The average Bonchev–Trinajstić information content (AvgIpc) is 4.37. The van der Waals surface area contributed by atoms with Crippen LogP contribution < -0.4 is 13.7 Å². The molecular weight excluding hydrogens is 895 g/mol. The standard InChI is InChI=1S/2C25H26N.C21H22N/c2*1-17-5-3-4-6-23(17)24-14-13-22(16-26(24)2)18-7-9-19(10-8-18)25-20-11-12-21(25)15-20;1-15-9-10-18(13-17(15)3)19-11-12-21(22(4)14-19)20-8-6-5-7-16(20)2/h2*3-10,13-14,16,20-21,25H,11-12,15H2,1-2H3;5-14H,1-4H3/q3*+1/i25D;;1D3. The zero-order chi connectivity index (χ0) is 54.5. The second-order valence-corrected chi connectivity index (χ2v) is 21.9. The molecule has 74 heavy (non-hydrogen) atoms. The Kier molecular flexibility index (Phi) is 12.5. The molecule has 3 heteroatoms. The molecule has 0 N–H and O–H groups in total. The number of hydrogen-bond donors (Lipinski definition) is 0. The van der Waals surface area contributed by atoms with Crippen LogP contribution >= 0.6 is 0 Å². The van der Waals surface area contributed by atoms with Crippen molar-refractivity contribution < 1.29 is 19.2 Å². The van der Waals surface area contributed by atoms with E-state index in [0.29, 0.717) is 17.4 Å². The summed E-state index contributed by atoms with van der Waals surface area (Å²) < 4.78 is 38.3. The molecule has 370 valence electrons. The molecule has 9 aromatic rings. The summed E-state index contributed by atoms with van der Waals surface area (Å²) in [5.41, 5.74) is 22.4. The van der Waals surface area contributed by atoms with E-state index in [4.69, 9.17) is 5.48 Å². The van der Waals surface area contributed by atoms with Crippen molar-refractivity contribution in [3.05, 3.63) is 233 Å². The Morgan fingerprint density at radius 2 is 0.730 bits per heavy atom. The number of nitrogens with zero attached hydrogens (tertiary/aromatic N) is 3. The zero-order valence-corrected chi connectivity index (χ0v) is 44.4. The van der Waals surface area contributed by atoms with Gasteiger partial charge in [0.1, 0.15) is 21.1 Å². The van der Waals surface area contributed by atoms with Crippen molar-refractivity contribution in [2.75, 3.05) is 0 Å². The van der Waals surface area contributed by atoms with Crippen molar-refractivity contribution in [3.8, 4) is 67.2 Å².